The molecule has 0 bridgehead atoms. The Balaban J connectivity index is 1.84. The largest absolute Gasteiger partial charge is 0.416 e. The normalized spacial score (nSPS) is 18.0. The van der Waals surface area contributed by atoms with Crippen LogP contribution in [0.5, 0.6) is 0 Å². The van der Waals surface area contributed by atoms with E-state index in [0.717, 1.165) is 28.1 Å². The van der Waals surface area contributed by atoms with Crippen LogP contribution < -0.4 is 0 Å². The smallest absolute Gasteiger partial charge is 0.207 e. The maximum Gasteiger partial charge on any atom is 0.416 e. The molecule has 1 saturated heterocycles. The zero-order chi connectivity index (χ0) is 19.7. The van der Waals surface area contributed by atoms with Crippen LogP contribution in [0.15, 0.2) is 59.5 Å². The molecule has 4 nitrogen and oxygen atoms in total. The van der Waals surface area contributed by atoms with Gasteiger partial charge in [0.25, 0.3) is 0 Å². The van der Waals surface area contributed by atoms with Gasteiger partial charge in [-0.2, -0.15) is 22.7 Å². The number of nitrogens with zero attached hydrogens (tertiary/aromatic N) is 2. The van der Waals surface area contributed by atoms with Crippen molar-refractivity contribution in [3.8, 4) is 6.07 Å². The van der Waals surface area contributed by atoms with E-state index in [2.05, 4.69) is 6.07 Å². The first-order chi connectivity index (χ1) is 12.7. The fraction of sp³-hybridized carbons (Fsp3) is 0.316. The predicted octanol–water partition coefficient (Wildman–Crippen LogP) is 3.95. The zero-order valence-electron chi connectivity index (χ0n) is 14.3. The van der Waals surface area contributed by atoms with Crippen LogP contribution in [0.1, 0.15) is 24.0 Å². The van der Waals surface area contributed by atoms with E-state index in [0.29, 0.717) is 6.07 Å². The molecule has 0 aliphatic carbocycles. The van der Waals surface area contributed by atoms with Crippen molar-refractivity contribution in [2.45, 2.75) is 29.3 Å². The summed E-state index contributed by atoms with van der Waals surface area (Å²) in [6, 6.07) is 15.2. The summed E-state index contributed by atoms with van der Waals surface area (Å²) in [4.78, 5) is -0.388. The highest BCUT2D eigenvalue weighted by atomic mass is 32.2. The standard InChI is InChI=1S/C19H17F3N2O2S/c20-19(21,22)16-7-4-8-17(13-16)27(25,26)24-11-9-18(14-23,10-12-24)15-5-2-1-3-6-15/h1-8,13H,9-12H2. The molecule has 2 aromatic carbocycles. The molecule has 0 radical (unpaired) electrons. The van der Waals surface area contributed by atoms with Gasteiger partial charge in [-0.3, -0.25) is 0 Å². The van der Waals surface area contributed by atoms with E-state index in [1.54, 1.807) is 0 Å². The number of benzene rings is 2. The van der Waals surface area contributed by atoms with Crippen molar-refractivity contribution in [2.24, 2.45) is 0 Å². The average Bonchev–Trinajstić information content (AvgIpc) is 2.68. The van der Waals surface area contributed by atoms with Gasteiger partial charge in [0.1, 0.15) is 0 Å². The molecule has 27 heavy (non-hydrogen) atoms. The molecule has 0 aromatic heterocycles. The summed E-state index contributed by atoms with van der Waals surface area (Å²) in [5.74, 6) is 0. The van der Waals surface area contributed by atoms with Gasteiger partial charge in [-0.15, -0.1) is 0 Å². The van der Waals surface area contributed by atoms with E-state index in [9.17, 15) is 26.9 Å². The molecule has 0 atom stereocenters. The molecule has 0 N–H and O–H groups in total. The van der Waals surface area contributed by atoms with Crippen LogP contribution in [-0.2, 0) is 21.6 Å². The lowest BCUT2D eigenvalue weighted by atomic mass is 9.74. The summed E-state index contributed by atoms with van der Waals surface area (Å²) in [6.45, 7) is 0.141. The number of rotatable bonds is 3. The molecule has 8 heteroatoms. The Hall–Kier alpha value is -2.37. The molecule has 0 saturated carbocycles. The summed E-state index contributed by atoms with van der Waals surface area (Å²) in [5, 5.41) is 9.68. The van der Waals surface area contributed by atoms with Gasteiger partial charge in [0.2, 0.25) is 10.0 Å². The van der Waals surface area contributed by atoms with Crippen molar-refractivity contribution in [3.05, 3.63) is 65.7 Å². The van der Waals surface area contributed by atoms with Gasteiger partial charge in [-0.1, -0.05) is 36.4 Å². The highest BCUT2D eigenvalue weighted by Crippen LogP contribution is 2.37. The van der Waals surface area contributed by atoms with Gasteiger partial charge in [0.15, 0.2) is 0 Å². The Labute approximate surface area is 155 Å². The van der Waals surface area contributed by atoms with Gasteiger partial charge in [-0.25, -0.2) is 8.42 Å². The second-order valence-electron chi connectivity index (χ2n) is 6.49. The summed E-state index contributed by atoms with van der Waals surface area (Å²) in [7, 11) is -4.06. The van der Waals surface area contributed by atoms with Crippen molar-refractivity contribution in [3.63, 3.8) is 0 Å². The number of sulfonamides is 1. The molecule has 1 fully saturated rings. The summed E-state index contributed by atoms with van der Waals surface area (Å²) in [6.07, 6.45) is -4.05. The monoisotopic (exact) mass is 394 g/mol. The van der Waals surface area contributed by atoms with Crippen LogP contribution in [0, 0.1) is 11.3 Å². The Morgan fingerprint density at radius 3 is 2.19 bits per heavy atom. The van der Waals surface area contributed by atoms with Crippen LogP contribution in [-0.4, -0.2) is 25.8 Å². The van der Waals surface area contributed by atoms with Gasteiger partial charge in [0, 0.05) is 13.1 Å². The van der Waals surface area contributed by atoms with E-state index in [4.69, 9.17) is 0 Å². The molecule has 3 rings (SSSR count). The molecule has 1 aliphatic rings. The third-order valence-corrected chi connectivity index (χ3v) is 6.81. The highest BCUT2D eigenvalue weighted by Gasteiger charge is 2.40. The lowest BCUT2D eigenvalue weighted by Gasteiger charge is -2.37. The van der Waals surface area contributed by atoms with Crippen LogP contribution in [0.25, 0.3) is 0 Å². The molecule has 142 valence electrons. The van der Waals surface area contributed by atoms with Crippen molar-refractivity contribution in [2.75, 3.05) is 13.1 Å². The molecule has 0 amide bonds. The van der Waals surface area contributed by atoms with Crippen LogP contribution >= 0.6 is 0 Å². The van der Waals surface area contributed by atoms with Crippen molar-refractivity contribution in [1.29, 1.82) is 5.26 Å². The first-order valence-corrected chi connectivity index (χ1v) is 9.77. The number of alkyl halides is 3. The van der Waals surface area contributed by atoms with Crippen LogP contribution in [0.4, 0.5) is 13.2 Å². The van der Waals surface area contributed by atoms with Crippen molar-refractivity contribution >= 4 is 10.0 Å². The van der Waals surface area contributed by atoms with Crippen molar-refractivity contribution in [1.82, 2.24) is 4.31 Å². The van der Waals surface area contributed by atoms with Crippen molar-refractivity contribution < 1.29 is 21.6 Å². The van der Waals surface area contributed by atoms with Crippen LogP contribution in [0.3, 0.4) is 0 Å². The fourth-order valence-electron chi connectivity index (χ4n) is 3.31. The maximum absolute atomic E-state index is 12.9. The van der Waals surface area contributed by atoms with E-state index in [1.807, 2.05) is 30.3 Å². The molecule has 1 heterocycles. The summed E-state index contributed by atoms with van der Waals surface area (Å²) in [5.41, 5.74) is -0.971. The minimum absolute atomic E-state index is 0.0705. The quantitative estimate of drug-likeness (QED) is 0.792. The van der Waals surface area contributed by atoms with E-state index < -0.39 is 27.2 Å². The van der Waals surface area contributed by atoms with Crippen LogP contribution in [0.2, 0.25) is 0 Å². The van der Waals surface area contributed by atoms with Gasteiger partial charge < -0.3 is 0 Å². The molecular formula is C19H17F3N2O2S. The number of halogens is 3. The second-order valence-corrected chi connectivity index (χ2v) is 8.43. The third-order valence-electron chi connectivity index (χ3n) is 4.92. The highest BCUT2D eigenvalue weighted by molar-refractivity contribution is 7.89. The first kappa shape index (κ1) is 19.4. The number of piperidine rings is 1. The molecule has 1 aliphatic heterocycles. The Bertz CT molecular complexity index is 958. The Morgan fingerprint density at radius 1 is 1.00 bits per heavy atom. The predicted molar refractivity (Wildman–Crippen MR) is 93.2 cm³/mol. The SMILES string of the molecule is N#CC1(c2ccccc2)CCN(S(=O)(=O)c2cccc(C(F)(F)F)c2)CC1. The fourth-order valence-corrected chi connectivity index (χ4v) is 4.80. The summed E-state index contributed by atoms with van der Waals surface area (Å²) >= 11 is 0. The lowest BCUT2D eigenvalue weighted by molar-refractivity contribution is -0.137. The number of nitriles is 1. The summed E-state index contributed by atoms with van der Waals surface area (Å²) < 4.78 is 65.4. The molecular weight excluding hydrogens is 377 g/mol. The minimum Gasteiger partial charge on any atom is -0.207 e. The van der Waals surface area contributed by atoms with E-state index in [1.165, 1.54) is 0 Å². The topological polar surface area (TPSA) is 61.2 Å². The van der Waals surface area contributed by atoms with Gasteiger partial charge >= 0.3 is 6.18 Å². The Kier molecular flexibility index (Phi) is 5.02. The molecule has 0 unspecified atom stereocenters. The molecule has 0 spiro atoms. The number of hydrogen-bond acceptors (Lipinski definition) is 3. The Morgan fingerprint density at radius 2 is 1.63 bits per heavy atom. The maximum atomic E-state index is 12.9. The van der Waals surface area contributed by atoms with E-state index >= 15 is 0 Å². The number of hydrogen-bond donors (Lipinski definition) is 0. The average molecular weight is 394 g/mol. The van der Waals surface area contributed by atoms with Gasteiger partial charge in [-0.05, 0) is 36.6 Å². The third kappa shape index (κ3) is 3.70. The van der Waals surface area contributed by atoms with Gasteiger partial charge in [0.05, 0.1) is 21.9 Å². The lowest BCUT2D eigenvalue weighted by Crippen LogP contribution is -2.44. The minimum atomic E-state index is -4.61. The first-order valence-electron chi connectivity index (χ1n) is 8.33. The molecule has 2 aromatic rings. The van der Waals surface area contributed by atoms with E-state index in [-0.39, 0.29) is 30.8 Å². The second kappa shape index (κ2) is 6.98. The zero-order valence-corrected chi connectivity index (χ0v) is 15.1.